The number of carbonyl (C=O) groups excluding carboxylic acids is 2. The molecule has 0 aliphatic carbocycles. The molecule has 2 heterocycles. The van der Waals surface area contributed by atoms with Gasteiger partial charge in [-0.25, -0.2) is 23.4 Å². The van der Waals surface area contributed by atoms with Crippen molar-refractivity contribution in [2.24, 2.45) is 0 Å². The number of ether oxygens (including phenoxy) is 2. The van der Waals surface area contributed by atoms with Gasteiger partial charge < -0.3 is 10.9 Å². The molecule has 0 amide bonds. The normalized spacial score (nSPS) is 13.0. The molecule has 3 atom stereocenters. The summed E-state index contributed by atoms with van der Waals surface area (Å²) in [6.07, 6.45) is 20.6. The number of aromatic nitrogens is 6. The summed E-state index contributed by atoms with van der Waals surface area (Å²) in [5.74, 6) is -2.80. The van der Waals surface area contributed by atoms with Crippen LogP contribution in [0.25, 0.3) is 0 Å². The summed E-state index contributed by atoms with van der Waals surface area (Å²) >= 11 is 0. The number of hydrogen-bond acceptors (Lipinski definition) is 8. The molecule has 0 spiro atoms. The molecule has 13 heteroatoms. The maximum absolute atomic E-state index is 15.4. The number of esters is 2. The molecule has 0 aliphatic heterocycles. The first kappa shape index (κ1) is 42.5. The van der Waals surface area contributed by atoms with Gasteiger partial charge in [0.1, 0.15) is 49.7 Å². The Morgan fingerprint density at radius 3 is 1.96 bits per heavy atom. The number of rotatable bonds is 26. The summed E-state index contributed by atoms with van der Waals surface area (Å²) in [7, 11) is 0. The van der Waals surface area contributed by atoms with Gasteiger partial charge in [-0.3, -0.25) is 14.3 Å². The molecule has 3 rings (SSSR count). The molecule has 0 saturated heterocycles. The zero-order valence-corrected chi connectivity index (χ0v) is 31.8. The van der Waals surface area contributed by atoms with Crippen LogP contribution in [-0.2, 0) is 25.6 Å². The van der Waals surface area contributed by atoms with Crippen LogP contribution in [-0.4, -0.2) is 54.2 Å². The van der Waals surface area contributed by atoms with Gasteiger partial charge in [0.05, 0.1) is 12.6 Å². The molecule has 2 aromatic heterocycles. The van der Waals surface area contributed by atoms with E-state index in [0.717, 1.165) is 51.0 Å². The second-order valence-electron chi connectivity index (χ2n) is 12.6. The third kappa shape index (κ3) is 16.7. The Hall–Kier alpha value is -2.70. The second-order valence-corrected chi connectivity index (χ2v) is 12.6. The van der Waals surface area contributed by atoms with Gasteiger partial charge in [-0.1, -0.05) is 97.0 Å². The molecule has 3 aromatic rings. The van der Waals surface area contributed by atoms with Gasteiger partial charge in [-0.2, -0.15) is 10.2 Å². The van der Waals surface area contributed by atoms with Gasteiger partial charge in [0, 0.05) is 31.2 Å². The maximum Gasteiger partial charge on any atom is 1.00 e. The minimum absolute atomic E-state index is 0. The van der Waals surface area contributed by atoms with Crippen LogP contribution in [0, 0.1) is 11.6 Å². The first-order chi connectivity index (χ1) is 23.4. The fraction of sp³-hybridized carbons (Fsp3) is 0.667. The Morgan fingerprint density at radius 2 is 1.39 bits per heavy atom. The van der Waals surface area contributed by atoms with E-state index in [1.807, 2.05) is 0 Å². The van der Waals surface area contributed by atoms with Crippen molar-refractivity contribution in [1.82, 2.24) is 29.5 Å². The molecule has 0 aliphatic rings. The van der Waals surface area contributed by atoms with E-state index >= 15 is 4.39 Å². The fourth-order valence-corrected chi connectivity index (χ4v) is 5.98. The van der Waals surface area contributed by atoms with E-state index in [4.69, 9.17) is 9.47 Å². The van der Waals surface area contributed by atoms with E-state index in [1.54, 1.807) is 9.36 Å². The van der Waals surface area contributed by atoms with Gasteiger partial charge in [0.25, 0.3) is 0 Å². The minimum atomic E-state index is -0.837. The molecule has 49 heavy (non-hydrogen) atoms. The zero-order chi connectivity index (χ0) is 34.4. The molecule has 268 valence electrons. The summed E-state index contributed by atoms with van der Waals surface area (Å²) < 4.78 is 44.1. The van der Waals surface area contributed by atoms with Crippen molar-refractivity contribution in [3.63, 3.8) is 0 Å². The monoisotopic (exact) mass is 696 g/mol. The van der Waals surface area contributed by atoms with E-state index < -0.39 is 29.7 Å². The Bertz CT molecular complexity index is 1310. The van der Waals surface area contributed by atoms with Gasteiger partial charge in [0.15, 0.2) is 0 Å². The van der Waals surface area contributed by atoms with Crippen molar-refractivity contribution in [2.75, 3.05) is 6.61 Å². The Kier molecular flexibility index (Phi) is 21.9. The molecular formula is C36H55F2N6NaO4. The van der Waals surface area contributed by atoms with E-state index in [1.165, 1.54) is 76.0 Å². The number of halogens is 2. The van der Waals surface area contributed by atoms with Crippen LogP contribution < -0.4 is 29.6 Å². The molecule has 10 nitrogen and oxygen atoms in total. The average Bonchev–Trinajstić information content (AvgIpc) is 3.80. The molecule has 1 aromatic carbocycles. The largest absolute Gasteiger partial charge is 1.00 e. The first-order valence-corrected chi connectivity index (χ1v) is 17.9. The maximum atomic E-state index is 15.4. The summed E-state index contributed by atoms with van der Waals surface area (Å²) in [5, 5.41) is 8.56. The summed E-state index contributed by atoms with van der Waals surface area (Å²) in [6, 6.07) is 2.82. The van der Waals surface area contributed by atoms with Crippen molar-refractivity contribution in [2.45, 2.75) is 148 Å². The van der Waals surface area contributed by atoms with Crippen molar-refractivity contribution in [3.05, 3.63) is 60.7 Å². The quantitative estimate of drug-likeness (QED) is 0.0622. The zero-order valence-electron chi connectivity index (χ0n) is 30.8. The van der Waals surface area contributed by atoms with E-state index in [-0.39, 0.29) is 80.9 Å². The molecule has 0 N–H and O–H groups in total. The van der Waals surface area contributed by atoms with Gasteiger partial charge in [0.2, 0.25) is 0 Å². The van der Waals surface area contributed by atoms with Gasteiger partial charge in [-0.05, 0) is 24.5 Å². The summed E-state index contributed by atoms with van der Waals surface area (Å²) in [6.45, 7) is 4.39. The third-order valence-corrected chi connectivity index (χ3v) is 8.65. The van der Waals surface area contributed by atoms with Crippen LogP contribution in [0.2, 0.25) is 0 Å². The molecule has 0 fully saturated rings. The standard InChI is InChI=1S/C36H54F2N6O4.Na.H/c1-3-5-7-9-11-13-15-17-35(45)47-24-30(48-36(46)18-16-14-12-10-8-6-4-2)22-34(44-28-40-26-42-44)32(23-43-27-39-25-41-43)31-20-19-29(37)21-33(31)38;;/h19-21,25-28,30,32,34H,3-18,22-24H2,1-2H3;;/q;+1;-1. The predicted molar refractivity (Wildman–Crippen MR) is 180 cm³/mol. The van der Waals surface area contributed by atoms with Crippen LogP contribution in [0.3, 0.4) is 0 Å². The number of hydrogen-bond donors (Lipinski definition) is 0. The van der Waals surface area contributed by atoms with Crippen molar-refractivity contribution >= 4 is 11.9 Å². The van der Waals surface area contributed by atoms with E-state index in [2.05, 4.69) is 34.0 Å². The van der Waals surface area contributed by atoms with Gasteiger partial charge >= 0.3 is 41.5 Å². The third-order valence-electron chi connectivity index (χ3n) is 8.65. The topological polar surface area (TPSA) is 114 Å². The number of unbranched alkanes of at least 4 members (excludes halogenated alkanes) is 12. The van der Waals surface area contributed by atoms with Crippen LogP contribution in [0.4, 0.5) is 8.78 Å². The van der Waals surface area contributed by atoms with Crippen LogP contribution >= 0.6 is 0 Å². The van der Waals surface area contributed by atoms with E-state index in [9.17, 15) is 14.0 Å². The second kappa shape index (κ2) is 25.3. The number of nitrogens with zero attached hydrogens (tertiary/aromatic N) is 6. The predicted octanol–water partition coefficient (Wildman–Crippen LogP) is 5.42. The van der Waals surface area contributed by atoms with E-state index in [0.29, 0.717) is 6.42 Å². The van der Waals surface area contributed by atoms with Crippen LogP contribution in [0.15, 0.2) is 43.5 Å². The molecule has 0 bridgehead atoms. The Labute approximate surface area is 313 Å². The first-order valence-electron chi connectivity index (χ1n) is 17.9. The van der Waals surface area contributed by atoms with Crippen LogP contribution in [0.5, 0.6) is 0 Å². The summed E-state index contributed by atoms with van der Waals surface area (Å²) in [4.78, 5) is 34.0. The van der Waals surface area contributed by atoms with Crippen molar-refractivity contribution < 1.29 is 58.8 Å². The SMILES string of the molecule is CCCCCCCCCC(=O)OCC(CC(C(Cn1cncn1)c1ccc(F)cc1F)n1cncn1)OC(=O)CCCCCCCCC.[H-].[Na+]. The fourth-order valence-electron chi connectivity index (χ4n) is 5.98. The van der Waals surface area contributed by atoms with Crippen molar-refractivity contribution in [3.8, 4) is 0 Å². The molecule has 0 saturated carbocycles. The van der Waals surface area contributed by atoms with Crippen molar-refractivity contribution in [1.29, 1.82) is 0 Å². The molecule has 0 radical (unpaired) electrons. The summed E-state index contributed by atoms with van der Waals surface area (Å²) in [5.41, 5.74) is 0.233. The van der Waals surface area contributed by atoms with Crippen LogP contribution in [0.1, 0.15) is 142 Å². The molecular weight excluding hydrogens is 641 g/mol. The number of benzene rings is 1. The smallest absolute Gasteiger partial charge is 1.00 e. The minimum Gasteiger partial charge on any atom is -1.00 e. The average molecular weight is 697 g/mol. The number of carbonyl (C=O) groups is 2. The Morgan fingerprint density at radius 1 is 0.796 bits per heavy atom. The molecule has 3 unspecified atom stereocenters. The Balaban J connectivity index is 0.00000625. The van der Waals surface area contributed by atoms with Gasteiger partial charge in [-0.15, -0.1) is 0 Å².